The number of nitrogens with zero attached hydrogens (tertiary/aromatic N) is 7. The second-order valence-electron chi connectivity index (χ2n) is 9.18. The molecule has 0 spiro atoms. The maximum atomic E-state index is 13.2. The quantitative estimate of drug-likeness (QED) is 0.249. The standard InChI is InChI=1S/C29H27N7OS2/c37-28(35-17-15-34(16-18-35)19-22-7-3-1-4-8-22)25-20-38-26(31-25)21-39-29-33-32-27(23-11-13-30-14-12-23)36(29)24-9-5-2-6-10-24/h1-14,20H,15-19,21H2. The summed E-state index contributed by atoms with van der Waals surface area (Å²) in [6, 6.07) is 24.4. The second kappa shape index (κ2) is 11.9. The van der Waals surface area contributed by atoms with E-state index in [1.54, 1.807) is 24.2 Å². The van der Waals surface area contributed by atoms with Gasteiger partial charge in [0.25, 0.3) is 5.91 Å². The van der Waals surface area contributed by atoms with Crippen molar-refractivity contribution in [1.29, 1.82) is 0 Å². The van der Waals surface area contributed by atoms with Gasteiger partial charge in [-0.1, -0.05) is 60.3 Å². The number of amides is 1. The third-order valence-corrected chi connectivity index (χ3v) is 8.56. The van der Waals surface area contributed by atoms with Crippen LogP contribution >= 0.6 is 23.1 Å². The normalized spacial score (nSPS) is 14.0. The number of hydrogen-bond acceptors (Lipinski definition) is 8. The summed E-state index contributed by atoms with van der Waals surface area (Å²) in [7, 11) is 0. The average molecular weight is 554 g/mol. The summed E-state index contributed by atoms with van der Waals surface area (Å²) in [4.78, 5) is 26.3. The van der Waals surface area contributed by atoms with Crippen molar-refractivity contribution in [2.45, 2.75) is 17.5 Å². The van der Waals surface area contributed by atoms with Crippen LogP contribution in [-0.4, -0.2) is 66.6 Å². The zero-order valence-electron chi connectivity index (χ0n) is 21.3. The van der Waals surface area contributed by atoms with E-state index >= 15 is 0 Å². The van der Waals surface area contributed by atoms with Crippen molar-refractivity contribution in [1.82, 2.24) is 34.5 Å². The fourth-order valence-electron chi connectivity index (χ4n) is 4.58. The van der Waals surface area contributed by atoms with Crippen LogP contribution in [0.5, 0.6) is 0 Å². The first-order valence-electron chi connectivity index (χ1n) is 12.8. The number of benzene rings is 2. The van der Waals surface area contributed by atoms with Crippen LogP contribution in [0.25, 0.3) is 17.1 Å². The van der Waals surface area contributed by atoms with Crippen LogP contribution in [0.3, 0.4) is 0 Å². The summed E-state index contributed by atoms with van der Waals surface area (Å²) in [6.07, 6.45) is 3.51. The van der Waals surface area contributed by atoms with Gasteiger partial charge in [-0.15, -0.1) is 21.5 Å². The Morgan fingerprint density at radius 1 is 0.872 bits per heavy atom. The van der Waals surface area contributed by atoms with E-state index < -0.39 is 0 Å². The predicted octanol–water partition coefficient (Wildman–Crippen LogP) is 5.04. The predicted molar refractivity (Wildman–Crippen MR) is 154 cm³/mol. The molecule has 1 aliphatic rings. The lowest BCUT2D eigenvalue weighted by molar-refractivity contribution is 0.0623. The Morgan fingerprint density at radius 3 is 2.33 bits per heavy atom. The van der Waals surface area contributed by atoms with Crippen molar-refractivity contribution in [3.8, 4) is 17.1 Å². The van der Waals surface area contributed by atoms with Gasteiger partial charge in [0.15, 0.2) is 11.0 Å². The Kier molecular flexibility index (Phi) is 7.75. The lowest BCUT2D eigenvalue weighted by Gasteiger charge is -2.34. The Hall–Kier alpha value is -3.86. The Morgan fingerprint density at radius 2 is 1.59 bits per heavy atom. The summed E-state index contributed by atoms with van der Waals surface area (Å²) in [5.74, 6) is 1.37. The minimum absolute atomic E-state index is 0.00860. The van der Waals surface area contributed by atoms with E-state index in [2.05, 4.69) is 53.9 Å². The fourth-order valence-corrected chi connectivity index (χ4v) is 6.31. The molecule has 0 aliphatic carbocycles. The SMILES string of the molecule is O=C(c1csc(CSc2nnc(-c3ccncc3)n2-c2ccccc2)n1)N1CCN(Cc2ccccc2)CC1. The number of carbonyl (C=O) groups excluding carboxylic acids is 1. The van der Waals surface area contributed by atoms with Crippen LogP contribution in [0.4, 0.5) is 0 Å². The van der Waals surface area contributed by atoms with Crippen molar-refractivity contribution < 1.29 is 4.79 Å². The fraction of sp³-hybridized carbons (Fsp3) is 0.207. The van der Waals surface area contributed by atoms with E-state index in [1.807, 2.05) is 58.8 Å². The maximum Gasteiger partial charge on any atom is 0.273 e. The zero-order chi connectivity index (χ0) is 26.4. The van der Waals surface area contributed by atoms with Gasteiger partial charge in [0.1, 0.15) is 10.7 Å². The minimum atomic E-state index is 0.00860. The molecule has 0 saturated carbocycles. The molecule has 5 aromatic rings. The van der Waals surface area contributed by atoms with Crippen molar-refractivity contribution in [3.63, 3.8) is 0 Å². The molecule has 0 N–H and O–H groups in total. The van der Waals surface area contributed by atoms with Crippen molar-refractivity contribution in [3.05, 3.63) is 107 Å². The van der Waals surface area contributed by atoms with Crippen LogP contribution in [0, 0.1) is 0 Å². The Bertz CT molecular complexity index is 1520. The van der Waals surface area contributed by atoms with Gasteiger partial charge in [-0.2, -0.15) is 0 Å². The molecule has 6 rings (SSSR count). The molecule has 39 heavy (non-hydrogen) atoms. The van der Waals surface area contributed by atoms with Crippen LogP contribution in [0.15, 0.2) is 95.7 Å². The summed E-state index contributed by atoms with van der Waals surface area (Å²) in [5.41, 5.74) is 3.75. The topological polar surface area (TPSA) is 80.0 Å². The Balaban J connectivity index is 1.10. The summed E-state index contributed by atoms with van der Waals surface area (Å²) in [6.45, 7) is 4.07. The molecular formula is C29H27N7OS2. The summed E-state index contributed by atoms with van der Waals surface area (Å²) >= 11 is 3.08. The third kappa shape index (κ3) is 5.93. The molecule has 196 valence electrons. The Labute approximate surface area is 235 Å². The van der Waals surface area contributed by atoms with Crippen molar-refractivity contribution in [2.75, 3.05) is 26.2 Å². The number of thiazole rings is 1. The number of carbonyl (C=O) groups is 1. The molecule has 0 unspecified atom stereocenters. The van der Waals surface area contributed by atoms with Crippen LogP contribution in [0.2, 0.25) is 0 Å². The van der Waals surface area contributed by atoms with Gasteiger partial charge in [0, 0.05) is 61.7 Å². The molecule has 8 nitrogen and oxygen atoms in total. The number of para-hydroxylation sites is 1. The molecule has 1 saturated heterocycles. The first-order valence-corrected chi connectivity index (χ1v) is 14.6. The molecule has 0 atom stereocenters. The first kappa shape index (κ1) is 25.4. The number of pyridine rings is 1. The molecule has 3 aromatic heterocycles. The van der Waals surface area contributed by atoms with E-state index in [0.717, 1.165) is 46.9 Å². The highest BCUT2D eigenvalue weighted by Crippen LogP contribution is 2.30. The third-order valence-electron chi connectivity index (χ3n) is 6.59. The van der Waals surface area contributed by atoms with Crippen molar-refractivity contribution in [2.24, 2.45) is 0 Å². The number of aromatic nitrogens is 5. The van der Waals surface area contributed by atoms with Gasteiger partial charge in [0.2, 0.25) is 0 Å². The molecular weight excluding hydrogens is 527 g/mol. The molecule has 4 heterocycles. The van der Waals surface area contributed by atoms with E-state index in [0.29, 0.717) is 24.5 Å². The highest BCUT2D eigenvalue weighted by molar-refractivity contribution is 7.98. The van der Waals surface area contributed by atoms with Gasteiger partial charge in [-0.3, -0.25) is 19.2 Å². The van der Waals surface area contributed by atoms with Gasteiger partial charge in [0.05, 0.1) is 5.75 Å². The average Bonchev–Trinajstić information content (AvgIpc) is 3.65. The van der Waals surface area contributed by atoms with Crippen molar-refractivity contribution >= 4 is 29.0 Å². The molecule has 1 aliphatic heterocycles. The minimum Gasteiger partial charge on any atom is -0.335 e. The van der Waals surface area contributed by atoms with E-state index in [1.165, 1.54) is 16.9 Å². The number of piperazine rings is 1. The molecule has 0 radical (unpaired) electrons. The maximum absolute atomic E-state index is 13.2. The number of rotatable bonds is 8. The van der Waals surface area contributed by atoms with Gasteiger partial charge >= 0.3 is 0 Å². The lowest BCUT2D eigenvalue weighted by atomic mass is 10.2. The summed E-state index contributed by atoms with van der Waals surface area (Å²) in [5, 5.41) is 12.5. The van der Waals surface area contributed by atoms with Crippen LogP contribution in [-0.2, 0) is 12.3 Å². The molecule has 1 fully saturated rings. The smallest absolute Gasteiger partial charge is 0.273 e. The largest absolute Gasteiger partial charge is 0.335 e. The first-order chi connectivity index (χ1) is 19.2. The number of hydrogen-bond donors (Lipinski definition) is 0. The molecule has 10 heteroatoms. The highest BCUT2D eigenvalue weighted by Gasteiger charge is 2.24. The van der Waals surface area contributed by atoms with Crippen LogP contribution < -0.4 is 0 Å². The van der Waals surface area contributed by atoms with Crippen LogP contribution in [0.1, 0.15) is 21.1 Å². The zero-order valence-corrected chi connectivity index (χ0v) is 22.9. The van der Waals surface area contributed by atoms with Gasteiger partial charge < -0.3 is 4.90 Å². The monoisotopic (exact) mass is 553 g/mol. The lowest BCUT2D eigenvalue weighted by Crippen LogP contribution is -2.48. The van der Waals surface area contributed by atoms with Gasteiger partial charge in [-0.05, 0) is 29.8 Å². The second-order valence-corrected chi connectivity index (χ2v) is 11.1. The van der Waals surface area contributed by atoms with Gasteiger partial charge in [-0.25, -0.2) is 4.98 Å². The van der Waals surface area contributed by atoms with E-state index in [4.69, 9.17) is 0 Å². The molecule has 2 aromatic carbocycles. The summed E-state index contributed by atoms with van der Waals surface area (Å²) < 4.78 is 2.05. The van der Waals surface area contributed by atoms with E-state index in [-0.39, 0.29) is 5.91 Å². The number of thioether (sulfide) groups is 1. The molecule has 1 amide bonds. The highest BCUT2D eigenvalue weighted by atomic mass is 32.2. The molecule has 0 bridgehead atoms. The van der Waals surface area contributed by atoms with E-state index in [9.17, 15) is 4.79 Å².